The van der Waals surface area contributed by atoms with Crippen LogP contribution in [0.4, 0.5) is 35.1 Å². The summed E-state index contributed by atoms with van der Waals surface area (Å²) in [6.07, 6.45) is -10.1. The fourth-order valence-electron chi connectivity index (χ4n) is 14.7. The first-order valence-corrected chi connectivity index (χ1v) is 40.7. The van der Waals surface area contributed by atoms with E-state index in [0.29, 0.717) is 34.1 Å². The highest BCUT2D eigenvalue weighted by molar-refractivity contribution is 8.01. The van der Waals surface area contributed by atoms with Gasteiger partial charge in [0.05, 0.1) is 80.3 Å². The molecule has 0 amide bonds. The molecular formula is C67H106F8O29S5-4. The van der Waals surface area contributed by atoms with Crippen LogP contribution >= 0.6 is 11.8 Å². The van der Waals surface area contributed by atoms with Crippen molar-refractivity contribution in [3.05, 3.63) is 35.9 Å². The summed E-state index contributed by atoms with van der Waals surface area (Å²) in [5, 5.41) is 60.6. The molecule has 4 heterocycles. The van der Waals surface area contributed by atoms with Gasteiger partial charge in [-0.25, -0.2) is 38.5 Å². The van der Waals surface area contributed by atoms with Gasteiger partial charge >= 0.3 is 44.9 Å². The van der Waals surface area contributed by atoms with Crippen molar-refractivity contribution in [3.63, 3.8) is 0 Å². The molecule has 7 rings (SSSR count). The van der Waals surface area contributed by atoms with Crippen LogP contribution in [0.1, 0.15) is 188 Å². The Morgan fingerprint density at radius 1 is 0.413 bits per heavy atom. The molecule has 6 bridgehead atoms. The Labute approximate surface area is 635 Å². The summed E-state index contributed by atoms with van der Waals surface area (Å²) in [5.41, 5.74) is -8.30. The van der Waals surface area contributed by atoms with Gasteiger partial charge in [-0.2, -0.15) is 46.9 Å². The second kappa shape index (κ2) is 34.5. The summed E-state index contributed by atoms with van der Waals surface area (Å²) < 4.78 is 259. The Morgan fingerprint density at radius 3 is 1.03 bits per heavy atom. The summed E-state index contributed by atoms with van der Waals surface area (Å²) in [6, 6.07) is 7.15. The molecule has 42 heteroatoms. The average Bonchev–Trinajstić information content (AvgIpc) is 1.58. The quantitative estimate of drug-likeness (QED) is 0.0271. The Morgan fingerprint density at radius 2 is 0.716 bits per heavy atom. The van der Waals surface area contributed by atoms with Crippen molar-refractivity contribution >= 4 is 76.1 Å². The Bertz CT molecular complexity index is 3430. The van der Waals surface area contributed by atoms with E-state index in [2.05, 4.69) is 18.9 Å². The average molecular weight is 1690 g/mol. The summed E-state index contributed by atoms with van der Waals surface area (Å²) >= 11 is 1.39. The highest BCUT2D eigenvalue weighted by atomic mass is 32.2. The van der Waals surface area contributed by atoms with E-state index < -0.39 is 219 Å². The number of carbonyl (C=O) groups is 4. The number of ether oxygens (including phenoxy) is 5. The molecule has 4 saturated heterocycles. The third-order valence-electron chi connectivity index (χ3n) is 18.9. The fraction of sp³-hybridized carbons (Fsp3) is 0.851. The highest BCUT2D eigenvalue weighted by Gasteiger charge is 2.67. The number of esters is 4. The summed E-state index contributed by atoms with van der Waals surface area (Å²) in [6.45, 7) is 31.9. The molecule has 19 atom stereocenters. The number of benzene rings is 1. The van der Waals surface area contributed by atoms with E-state index in [1.165, 1.54) is 49.9 Å². The molecule has 0 spiro atoms. The maximum atomic E-state index is 13.6. The van der Waals surface area contributed by atoms with Gasteiger partial charge in [0.15, 0.2) is 64.9 Å². The van der Waals surface area contributed by atoms with E-state index in [1.54, 1.807) is 117 Å². The third-order valence-corrected chi connectivity index (χ3v) is 24.7. The van der Waals surface area contributed by atoms with Crippen LogP contribution in [0.2, 0.25) is 0 Å². The van der Waals surface area contributed by atoms with Gasteiger partial charge in [0.1, 0.15) is 0 Å². The fourth-order valence-corrected chi connectivity index (χ4v) is 19.0. The second-order valence-corrected chi connectivity index (χ2v) is 40.8. The SMILES string of the molecule is CC(C)(C)O.CC(C)(C)O.CC(OC(=O)C1CC2CC1C(C(C)(C)O)C2C(C)(C)O)C(F)(F)S(=O)(=O)[O-].CC(OC(=O)C1CC2OC1C(C(C)(C)O)C2C(C)(C)O)C(F)(F)S(=O)(=O)[O-].CC(OC(=O)C1CC2SC1C(C(C)(C)O)C2C(C)(C)O)C(F)(F)S(=O)(=O)[O-].CC(OC(=O)c1ccccc1)C(F)(F)S(=O)(=O)[O-]. The normalized spacial score (nSPS) is 28.1. The van der Waals surface area contributed by atoms with Gasteiger partial charge in [-0.05, 0) is 214 Å². The van der Waals surface area contributed by atoms with Crippen molar-refractivity contribution in [2.24, 2.45) is 65.1 Å². The van der Waals surface area contributed by atoms with Gasteiger partial charge in [-0.1, -0.05) is 18.2 Å². The van der Waals surface area contributed by atoms with Crippen molar-refractivity contribution in [2.45, 2.75) is 291 Å². The number of halogens is 8. The molecule has 4 aliphatic heterocycles. The van der Waals surface area contributed by atoms with E-state index in [9.17, 15) is 137 Å². The predicted octanol–water partition coefficient (Wildman–Crippen LogP) is 6.36. The molecule has 1 aromatic carbocycles. The molecule has 2 saturated carbocycles. The Balaban J connectivity index is 0.000000476. The number of aliphatic hydroxyl groups is 8. The van der Waals surface area contributed by atoms with Crippen LogP contribution in [-0.2, 0) is 78.5 Å². The number of thioether (sulfide) groups is 1. The van der Waals surface area contributed by atoms with E-state index in [1.807, 2.05) is 0 Å². The van der Waals surface area contributed by atoms with Crippen molar-refractivity contribution in [2.75, 3.05) is 0 Å². The van der Waals surface area contributed by atoms with Gasteiger partial charge in [0.25, 0.3) is 0 Å². The van der Waals surface area contributed by atoms with Crippen LogP contribution in [0, 0.1) is 65.1 Å². The first-order valence-electron chi connectivity index (χ1n) is 34.1. The topological polar surface area (TPSA) is 505 Å². The van der Waals surface area contributed by atoms with Crippen molar-refractivity contribution < 1.29 is 171 Å². The molecule has 29 nitrogen and oxygen atoms in total. The lowest BCUT2D eigenvalue weighted by molar-refractivity contribution is -0.173. The lowest BCUT2D eigenvalue weighted by Gasteiger charge is -2.46. The first-order chi connectivity index (χ1) is 47.8. The minimum atomic E-state index is -6.01. The number of alkyl halides is 8. The molecule has 6 fully saturated rings. The van der Waals surface area contributed by atoms with E-state index >= 15 is 0 Å². The van der Waals surface area contributed by atoms with Crippen LogP contribution in [0.15, 0.2) is 30.3 Å². The van der Waals surface area contributed by atoms with Gasteiger partial charge in [-0.3, -0.25) is 14.4 Å². The number of hydrogen-bond donors (Lipinski definition) is 8. The molecule has 19 unspecified atom stereocenters. The van der Waals surface area contributed by atoms with Gasteiger partial charge in [0, 0.05) is 34.2 Å². The summed E-state index contributed by atoms with van der Waals surface area (Å²) in [5.74, 6) is -10.3. The third kappa shape index (κ3) is 26.1. The van der Waals surface area contributed by atoms with E-state index in [0.717, 1.165) is 0 Å². The zero-order chi connectivity index (χ0) is 86.5. The van der Waals surface area contributed by atoms with E-state index in [-0.39, 0.29) is 47.8 Å². The second-order valence-electron chi connectivity index (χ2n) is 33.6. The molecule has 8 N–H and O–H groups in total. The van der Waals surface area contributed by atoms with Crippen molar-refractivity contribution in [3.8, 4) is 0 Å². The molecule has 638 valence electrons. The summed E-state index contributed by atoms with van der Waals surface area (Å²) in [7, 11) is -23.9. The molecule has 2 aliphatic carbocycles. The first kappa shape index (κ1) is 101. The van der Waals surface area contributed by atoms with Crippen LogP contribution in [-0.4, -0.2) is 230 Å². The van der Waals surface area contributed by atoms with Gasteiger partial charge in [-0.15, -0.1) is 0 Å². The van der Waals surface area contributed by atoms with Crippen molar-refractivity contribution in [1.82, 2.24) is 0 Å². The zero-order valence-electron chi connectivity index (χ0n) is 64.4. The van der Waals surface area contributed by atoms with Crippen molar-refractivity contribution in [1.29, 1.82) is 0 Å². The molecule has 109 heavy (non-hydrogen) atoms. The highest BCUT2D eigenvalue weighted by Crippen LogP contribution is 2.63. The smallest absolute Gasteiger partial charge is 0.370 e. The van der Waals surface area contributed by atoms with Crippen LogP contribution < -0.4 is 0 Å². The predicted molar refractivity (Wildman–Crippen MR) is 369 cm³/mol. The lowest BCUT2D eigenvalue weighted by atomic mass is 9.63. The number of hydrogen-bond acceptors (Lipinski definition) is 30. The molecular weight excluding hydrogens is 1580 g/mol. The van der Waals surface area contributed by atoms with Crippen LogP contribution in [0.3, 0.4) is 0 Å². The van der Waals surface area contributed by atoms with Gasteiger partial charge < -0.3 is 82.7 Å². The van der Waals surface area contributed by atoms with Crippen LogP contribution in [0.25, 0.3) is 0 Å². The maximum absolute atomic E-state index is 13.6. The number of carbonyl (C=O) groups excluding carboxylic acids is 4. The van der Waals surface area contributed by atoms with Gasteiger partial charge in [0.2, 0.25) is 0 Å². The zero-order valence-corrected chi connectivity index (χ0v) is 68.5. The summed E-state index contributed by atoms with van der Waals surface area (Å²) in [4.78, 5) is 48.6. The number of rotatable bonds is 22. The minimum Gasteiger partial charge on any atom is -0.743 e. The molecule has 6 aliphatic rings. The Kier molecular flexibility index (Phi) is 32.1. The molecule has 0 radical (unpaired) electrons. The van der Waals surface area contributed by atoms with Crippen LogP contribution in [0.5, 0.6) is 0 Å². The Hall–Kier alpha value is -3.83. The maximum Gasteiger partial charge on any atom is 0.370 e. The monoisotopic (exact) mass is 1690 g/mol. The standard InChI is InChI=1S/C17H28F2O7S.C16H26F2O8S.C16H26F2O7S2.C10H10F2O5S.2C4H10O/c1-8(17(18,19)27(23,24)25)26-14(20)11-7-9-6-10(11)13(16(4,5)22)12(9)15(2,3)21;2*1-7(16(17,18)27(22,23)24)25-13(19)8-6-9-10(14(2,3)20)11(12(8)26-9)15(4,5)21;1-7(10(11,12)18(14,15)16)17-9(13)8-5-3-2-4-6-8;2*1-4(2,3)5/h8-13,21-22H,6-7H2,1-5H3,(H,23,24,25);2*7-12,20-21H,6H2,1-5H3,(H,22,23,24);2-7H,1H3,(H,14,15,16);2*5H,1-3H3/p-4. The largest absolute Gasteiger partial charge is 0.743 e. The van der Waals surface area contributed by atoms with E-state index in [4.69, 9.17) is 14.9 Å². The lowest BCUT2D eigenvalue weighted by Crippen LogP contribution is -2.54. The molecule has 1 aromatic rings. The number of fused-ring (bicyclic) bond motifs is 6. The minimum absolute atomic E-state index is 0.0246. The molecule has 0 aromatic heterocycles.